The quantitative estimate of drug-likeness (QED) is 0.212. The highest BCUT2D eigenvalue weighted by Gasteiger charge is 2.48. The number of rotatable bonds is 6. The van der Waals surface area contributed by atoms with E-state index in [4.69, 9.17) is 4.74 Å². The lowest BCUT2D eigenvalue weighted by molar-refractivity contribution is -0.122. The number of methoxy groups -OCH3 is 1. The van der Waals surface area contributed by atoms with Crippen molar-refractivity contribution in [1.29, 1.82) is 0 Å². The van der Waals surface area contributed by atoms with Crippen LogP contribution in [0.4, 0.5) is 10.5 Å². The van der Waals surface area contributed by atoms with Gasteiger partial charge in [-0.2, -0.15) is 5.10 Å². The topological polar surface area (TPSA) is 112 Å². The number of carbonyl (C=O) groups excluding carboxylic acids is 3. The Labute approximate surface area is 213 Å². The van der Waals surface area contributed by atoms with Crippen LogP contribution in [-0.2, 0) is 11.3 Å². The van der Waals surface area contributed by atoms with Crippen molar-refractivity contribution in [3.8, 4) is 17.6 Å². The van der Waals surface area contributed by atoms with Crippen LogP contribution in [0.3, 0.4) is 0 Å². The summed E-state index contributed by atoms with van der Waals surface area (Å²) in [5.74, 6) is 5.61. The number of hydrogen-bond donors (Lipinski definition) is 3. The summed E-state index contributed by atoms with van der Waals surface area (Å²) in [6.45, 7) is 0.207. The van der Waals surface area contributed by atoms with Crippen molar-refractivity contribution in [1.82, 2.24) is 15.5 Å². The van der Waals surface area contributed by atoms with Crippen LogP contribution < -0.4 is 20.8 Å². The molecule has 2 aliphatic rings. The van der Waals surface area contributed by atoms with Crippen LogP contribution in [0, 0.1) is 11.8 Å². The number of imide groups is 1. The molecule has 1 atom stereocenters. The molecule has 0 saturated carbocycles. The predicted molar refractivity (Wildman–Crippen MR) is 138 cm³/mol. The van der Waals surface area contributed by atoms with Gasteiger partial charge in [0.1, 0.15) is 5.75 Å². The maximum Gasteiger partial charge on any atom is 0.323 e. The fourth-order valence-corrected chi connectivity index (χ4v) is 4.14. The third-order valence-electron chi connectivity index (χ3n) is 6.08. The number of fused-ring (bicyclic) bond motifs is 1. The van der Waals surface area contributed by atoms with Crippen LogP contribution >= 0.6 is 0 Å². The Morgan fingerprint density at radius 1 is 1.08 bits per heavy atom. The van der Waals surface area contributed by atoms with Gasteiger partial charge in [-0.05, 0) is 47.5 Å². The molecule has 1 saturated heterocycles. The minimum atomic E-state index is -1.57. The molecule has 0 spiro atoms. The second-order valence-corrected chi connectivity index (χ2v) is 8.61. The molecule has 2 aliphatic heterocycles. The van der Waals surface area contributed by atoms with Gasteiger partial charge in [-0.1, -0.05) is 48.2 Å². The molecule has 3 aromatic rings. The first kappa shape index (κ1) is 23.6. The molecule has 184 valence electrons. The Bertz CT molecular complexity index is 1460. The zero-order chi connectivity index (χ0) is 25.8. The van der Waals surface area contributed by atoms with Gasteiger partial charge in [-0.25, -0.2) is 4.79 Å². The summed E-state index contributed by atoms with van der Waals surface area (Å²) in [5.41, 5.74) is 5.08. The molecule has 0 radical (unpaired) electrons. The molecule has 9 nitrogen and oxygen atoms in total. The van der Waals surface area contributed by atoms with Crippen LogP contribution in [0.15, 0.2) is 77.9 Å². The summed E-state index contributed by atoms with van der Waals surface area (Å²) in [4.78, 5) is 39.4. The molecule has 5 rings (SSSR count). The van der Waals surface area contributed by atoms with Crippen LogP contribution in [0.2, 0.25) is 0 Å². The Morgan fingerprint density at radius 3 is 2.57 bits per heavy atom. The largest absolute Gasteiger partial charge is 0.497 e. The molecule has 0 aromatic heterocycles. The zero-order valence-electron chi connectivity index (χ0n) is 19.9. The predicted octanol–water partition coefficient (Wildman–Crippen LogP) is 2.73. The lowest BCUT2D eigenvalue weighted by Crippen LogP contribution is -2.54. The average molecular weight is 494 g/mol. The Morgan fingerprint density at radius 2 is 1.86 bits per heavy atom. The number of nitrogens with zero attached hydrogens (tertiary/aromatic N) is 2. The van der Waals surface area contributed by atoms with Gasteiger partial charge in [0.2, 0.25) is 5.54 Å². The monoisotopic (exact) mass is 493 g/mol. The fraction of sp³-hybridized carbons (Fsp3) is 0.143. The highest BCUT2D eigenvalue weighted by atomic mass is 16.5. The number of urea groups is 1. The molecular weight excluding hydrogens is 470 g/mol. The second-order valence-electron chi connectivity index (χ2n) is 8.61. The van der Waals surface area contributed by atoms with E-state index in [1.54, 1.807) is 30.5 Å². The zero-order valence-corrected chi connectivity index (χ0v) is 19.9. The Balaban J connectivity index is 1.32. The van der Waals surface area contributed by atoms with Crippen molar-refractivity contribution < 1.29 is 19.1 Å². The number of nitrogens with one attached hydrogen (secondary N) is 3. The standard InChI is InChI=1S/C28H23N5O4/c1-37-23-12-11-21-17-33(25(34)24(21)15-23)18-28(26(35)30-27(36)31-28)14-13-19-7-9-20(10-8-19)16-29-32-22-5-3-2-4-6-22/h2-12,15-16,32H,17-18H2,1H3,(H2,30,31,35,36)/b29-16-/t28-/m1/s1. The number of amides is 4. The van der Waals surface area contributed by atoms with E-state index in [9.17, 15) is 14.4 Å². The number of anilines is 1. The van der Waals surface area contributed by atoms with Gasteiger partial charge in [0.05, 0.1) is 25.6 Å². The second kappa shape index (κ2) is 9.87. The third-order valence-corrected chi connectivity index (χ3v) is 6.08. The van der Waals surface area contributed by atoms with Crippen molar-refractivity contribution in [2.24, 2.45) is 5.10 Å². The van der Waals surface area contributed by atoms with Crippen LogP contribution in [0.1, 0.15) is 27.0 Å². The Hall–Kier alpha value is -5.10. The van der Waals surface area contributed by atoms with Crippen molar-refractivity contribution in [3.63, 3.8) is 0 Å². The molecule has 1 fully saturated rings. The first-order valence-electron chi connectivity index (χ1n) is 11.5. The van der Waals surface area contributed by atoms with Crippen molar-refractivity contribution in [2.45, 2.75) is 12.1 Å². The lowest BCUT2D eigenvalue weighted by atomic mass is 9.99. The van der Waals surface area contributed by atoms with E-state index in [0.29, 0.717) is 23.4 Å². The SMILES string of the molecule is COc1ccc2c(c1)C(=O)N(C[C@@]1(C#Cc3ccc(/C=N\Nc4ccccc4)cc3)NC(=O)NC1=O)C2. The first-order chi connectivity index (χ1) is 18.0. The molecule has 0 aliphatic carbocycles. The number of ether oxygens (including phenoxy) is 1. The number of carbonyl (C=O) groups is 3. The molecule has 3 N–H and O–H groups in total. The maximum atomic E-state index is 13.0. The molecule has 0 bridgehead atoms. The van der Waals surface area contributed by atoms with Gasteiger partial charge >= 0.3 is 6.03 Å². The van der Waals surface area contributed by atoms with Crippen LogP contribution in [0.5, 0.6) is 5.75 Å². The van der Waals surface area contributed by atoms with Gasteiger partial charge in [0, 0.05) is 17.7 Å². The third kappa shape index (κ3) is 4.99. The van der Waals surface area contributed by atoms with Gasteiger partial charge in [-0.15, -0.1) is 0 Å². The summed E-state index contributed by atoms with van der Waals surface area (Å²) in [6.07, 6.45) is 1.68. The summed E-state index contributed by atoms with van der Waals surface area (Å²) < 4.78 is 5.22. The summed E-state index contributed by atoms with van der Waals surface area (Å²) >= 11 is 0. The van der Waals surface area contributed by atoms with Gasteiger partial charge in [0.25, 0.3) is 11.8 Å². The van der Waals surface area contributed by atoms with Crippen LogP contribution in [0.25, 0.3) is 0 Å². The molecule has 0 unspecified atom stereocenters. The van der Waals surface area contributed by atoms with Gasteiger partial charge in [-0.3, -0.25) is 20.3 Å². The van der Waals surface area contributed by atoms with E-state index in [0.717, 1.165) is 16.8 Å². The highest BCUT2D eigenvalue weighted by molar-refractivity contribution is 6.10. The molecule has 3 aromatic carbocycles. The summed E-state index contributed by atoms with van der Waals surface area (Å²) in [7, 11) is 1.53. The summed E-state index contributed by atoms with van der Waals surface area (Å²) in [5, 5.41) is 9.08. The molecule has 9 heteroatoms. The minimum absolute atomic E-state index is 0.0939. The number of para-hydroxylation sites is 1. The van der Waals surface area contributed by atoms with Crippen molar-refractivity contribution in [3.05, 3.63) is 95.1 Å². The van der Waals surface area contributed by atoms with Crippen molar-refractivity contribution >= 4 is 29.7 Å². The minimum Gasteiger partial charge on any atom is -0.497 e. The van der Waals surface area contributed by atoms with E-state index >= 15 is 0 Å². The highest BCUT2D eigenvalue weighted by Crippen LogP contribution is 2.28. The number of benzene rings is 3. The van der Waals surface area contributed by atoms with Gasteiger partial charge < -0.3 is 15.0 Å². The normalized spacial score (nSPS) is 18.2. The molecular formula is C28H23N5O4. The molecule has 4 amide bonds. The Kier molecular flexibility index (Phi) is 6.31. The van der Waals surface area contributed by atoms with E-state index in [2.05, 4.69) is 33.0 Å². The molecule has 2 heterocycles. The fourth-order valence-electron chi connectivity index (χ4n) is 4.14. The molecule has 37 heavy (non-hydrogen) atoms. The van der Waals surface area contributed by atoms with E-state index < -0.39 is 17.5 Å². The number of hydrazone groups is 1. The maximum absolute atomic E-state index is 13.0. The van der Waals surface area contributed by atoms with Gasteiger partial charge in [0.15, 0.2) is 0 Å². The lowest BCUT2D eigenvalue weighted by Gasteiger charge is -2.26. The average Bonchev–Trinajstić information content (AvgIpc) is 3.37. The first-order valence-corrected chi connectivity index (χ1v) is 11.5. The van der Waals surface area contributed by atoms with E-state index in [-0.39, 0.29) is 12.5 Å². The smallest absolute Gasteiger partial charge is 0.323 e. The summed E-state index contributed by atoms with van der Waals surface area (Å²) in [6, 6.07) is 21.5. The number of hydrogen-bond acceptors (Lipinski definition) is 6. The van der Waals surface area contributed by atoms with Crippen LogP contribution in [-0.4, -0.2) is 48.2 Å². The van der Waals surface area contributed by atoms with E-state index in [1.807, 2.05) is 48.5 Å². The van der Waals surface area contributed by atoms with E-state index in [1.165, 1.54) is 12.0 Å². The van der Waals surface area contributed by atoms with Crippen molar-refractivity contribution in [2.75, 3.05) is 19.1 Å².